The van der Waals surface area contributed by atoms with E-state index >= 15 is 0 Å². The number of nitrogens with one attached hydrogen (secondary N) is 2. The third kappa shape index (κ3) is 3.87. The number of aromatic nitrogens is 1. The molecule has 0 fully saturated rings. The van der Waals surface area contributed by atoms with E-state index in [0.29, 0.717) is 14.7 Å². The molecular formula is C15H13BrN2O5S2. The van der Waals surface area contributed by atoms with Crippen molar-refractivity contribution < 1.29 is 23.4 Å². The van der Waals surface area contributed by atoms with Gasteiger partial charge < -0.3 is 15.2 Å². The van der Waals surface area contributed by atoms with Crippen LogP contribution in [0.15, 0.2) is 44.5 Å². The van der Waals surface area contributed by atoms with Crippen molar-refractivity contribution in [1.29, 1.82) is 0 Å². The lowest BCUT2D eigenvalue weighted by Gasteiger charge is -2.13. The zero-order chi connectivity index (χ0) is 18.2. The highest BCUT2D eigenvalue weighted by molar-refractivity contribution is 9.11. The Kier molecular flexibility index (Phi) is 4.87. The van der Waals surface area contributed by atoms with Crippen LogP contribution in [0, 0.1) is 0 Å². The second kappa shape index (κ2) is 6.79. The van der Waals surface area contributed by atoms with Crippen LogP contribution >= 0.6 is 27.3 Å². The average Bonchev–Trinajstić information content (AvgIpc) is 3.13. The van der Waals surface area contributed by atoms with Gasteiger partial charge in [0.15, 0.2) is 0 Å². The van der Waals surface area contributed by atoms with Crippen molar-refractivity contribution in [3.8, 4) is 5.75 Å². The molecule has 2 heterocycles. The summed E-state index contributed by atoms with van der Waals surface area (Å²) in [7, 11) is -3.95. The second-order valence-electron chi connectivity index (χ2n) is 5.32. The maximum atomic E-state index is 12.4. The van der Waals surface area contributed by atoms with Crippen LogP contribution in [0.4, 0.5) is 0 Å². The molecule has 0 unspecified atom stereocenters. The van der Waals surface area contributed by atoms with Gasteiger partial charge in [0, 0.05) is 23.5 Å². The number of benzene rings is 1. The van der Waals surface area contributed by atoms with Crippen molar-refractivity contribution >= 4 is 54.2 Å². The van der Waals surface area contributed by atoms with Crippen molar-refractivity contribution in [2.24, 2.45) is 0 Å². The summed E-state index contributed by atoms with van der Waals surface area (Å²) in [5, 5.41) is 19.7. The van der Waals surface area contributed by atoms with E-state index in [1.54, 1.807) is 18.3 Å². The fourth-order valence-electron chi connectivity index (χ4n) is 2.42. The van der Waals surface area contributed by atoms with E-state index in [2.05, 4.69) is 25.6 Å². The van der Waals surface area contributed by atoms with Gasteiger partial charge in [-0.2, -0.15) is 4.72 Å². The van der Waals surface area contributed by atoms with Gasteiger partial charge in [0.2, 0.25) is 0 Å². The highest BCUT2D eigenvalue weighted by Gasteiger charge is 2.27. The van der Waals surface area contributed by atoms with Crippen LogP contribution in [0.5, 0.6) is 5.75 Å². The SMILES string of the molecule is O=C(O)[C@@H](Cc1c[nH]c2ccc(O)cc12)NS(=O)(=O)c1ccc(Br)s1. The number of aliphatic carboxylic acids is 1. The standard InChI is InChI=1S/C15H13BrN2O5S2/c16-13-3-4-14(24-13)25(22,23)18-12(15(20)21)5-8-7-17-11-2-1-9(19)6-10(8)11/h1-4,6-7,12,17-19H,5H2,(H,20,21)/t12-/m1/s1. The highest BCUT2D eigenvalue weighted by Crippen LogP contribution is 2.27. The zero-order valence-corrected chi connectivity index (χ0v) is 15.8. The molecular weight excluding hydrogens is 432 g/mol. The minimum atomic E-state index is -3.95. The molecule has 25 heavy (non-hydrogen) atoms. The molecule has 1 atom stereocenters. The summed E-state index contributed by atoms with van der Waals surface area (Å²) >= 11 is 4.18. The molecule has 0 aliphatic heterocycles. The Morgan fingerprint density at radius 1 is 1.32 bits per heavy atom. The molecule has 1 aromatic carbocycles. The van der Waals surface area contributed by atoms with Gasteiger partial charge in [0.25, 0.3) is 10.0 Å². The number of hydrogen-bond donors (Lipinski definition) is 4. The summed E-state index contributed by atoms with van der Waals surface area (Å²) in [4.78, 5) is 14.5. The van der Waals surface area contributed by atoms with E-state index in [1.165, 1.54) is 18.2 Å². The van der Waals surface area contributed by atoms with E-state index in [4.69, 9.17) is 0 Å². The first-order valence-electron chi connectivity index (χ1n) is 7.06. The number of H-pyrrole nitrogens is 1. The van der Waals surface area contributed by atoms with Gasteiger partial charge in [-0.25, -0.2) is 8.42 Å². The summed E-state index contributed by atoms with van der Waals surface area (Å²) in [6.45, 7) is 0. The van der Waals surface area contributed by atoms with E-state index in [-0.39, 0.29) is 16.4 Å². The Morgan fingerprint density at radius 2 is 2.08 bits per heavy atom. The molecule has 0 aliphatic carbocycles. The lowest BCUT2D eigenvalue weighted by atomic mass is 10.1. The van der Waals surface area contributed by atoms with Gasteiger partial charge in [0.1, 0.15) is 16.0 Å². The number of carboxylic acid groups (broad SMARTS) is 1. The number of sulfonamides is 1. The summed E-state index contributed by atoms with van der Waals surface area (Å²) in [6.07, 6.45) is 1.54. The normalized spacial score (nSPS) is 13.2. The van der Waals surface area contributed by atoms with Gasteiger partial charge in [-0.1, -0.05) is 0 Å². The van der Waals surface area contributed by atoms with Crippen LogP contribution in [0.2, 0.25) is 0 Å². The lowest BCUT2D eigenvalue weighted by Crippen LogP contribution is -2.41. The molecule has 132 valence electrons. The number of hydrogen-bond acceptors (Lipinski definition) is 5. The number of aromatic amines is 1. The maximum Gasteiger partial charge on any atom is 0.322 e. The zero-order valence-electron chi connectivity index (χ0n) is 12.6. The molecule has 3 rings (SSSR count). The lowest BCUT2D eigenvalue weighted by molar-refractivity contribution is -0.138. The molecule has 3 aromatic rings. The molecule has 0 amide bonds. The number of thiophene rings is 1. The van der Waals surface area contributed by atoms with Crippen LogP contribution in [-0.2, 0) is 21.2 Å². The van der Waals surface area contributed by atoms with Crippen LogP contribution in [0.25, 0.3) is 10.9 Å². The van der Waals surface area contributed by atoms with Crippen molar-refractivity contribution in [2.45, 2.75) is 16.7 Å². The molecule has 0 aliphatic rings. The molecule has 10 heteroatoms. The molecule has 2 aromatic heterocycles. The molecule has 0 radical (unpaired) electrons. The summed E-state index contributed by atoms with van der Waals surface area (Å²) in [6, 6.07) is 6.32. The predicted octanol–water partition coefficient (Wildman–Crippen LogP) is 2.67. The van der Waals surface area contributed by atoms with Crippen molar-refractivity contribution in [3.63, 3.8) is 0 Å². The fraction of sp³-hybridized carbons (Fsp3) is 0.133. The molecule has 0 saturated carbocycles. The minimum absolute atomic E-state index is 0.0298. The van der Waals surface area contributed by atoms with Gasteiger partial charge >= 0.3 is 5.97 Å². The van der Waals surface area contributed by atoms with Gasteiger partial charge in [-0.15, -0.1) is 11.3 Å². The first kappa shape index (κ1) is 17.9. The Balaban J connectivity index is 1.89. The Hall–Kier alpha value is -1.88. The first-order valence-corrected chi connectivity index (χ1v) is 10.1. The number of rotatable bonds is 6. The molecule has 0 spiro atoms. The van der Waals surface area contributed by atoms with Crippen LogP contribution in [0.1, 0.15) is 5.56 Å². The van der Waals surface area contributed by atoms with Crippen molar-refractivity contribution in [3.05, 3.63) is 45.9 Å². The second-order valence-corrected chi connectivity index (χ2v) is 9.72. The van der Waals surface area contributed by atoms with E-state index < -0.39 is 22.0 Å². The number of fused-ring (bicyclic) bond motifs is 1. The number of phenols is 1. The average molecular weight is 445 g/mol. The smallest absolute Gasteiger partial charge is 0.322 e. The van der Waals surface area contributed by atoms with Crippen LogP contribution < -0.4 is 4.72 Å². The minimum Gasteiger partial charge on any atom is -0.508 e. The molecule has 0 bridgehead atoms. The van der Waals surface area contributed by atoms with Gasteiger partial charge in [-0.3, -0.25) is 4.79 Å². The van der Waals surface area contributed by atoms with Gasteiger partial charge in [0.05, 0.1) is 3.79 Å². The van der Waals surface area contributed by atoms with E-state index in [9.17, 15) is 23.4 Å². The fourth-order valence-corrected chi connectivity index (χ4v) is 5.64. The van der Waals surface area contributed by atoms with E-state index in [0.717, 1.165) is 16.9 Å². The molecule has 4 N–H and O–H groups in total. The van der Waals surface area contributed by atoms with E-state index in [1.807, 2.05) is 0 Å². The Bertz CT molecular complexity index is 1040. The van der Waals surface area contributed by atoms with Crippen molar-refractivity contribution in [1.82, 2.24) is 9.71 Å². The molecule has 7 nitrogen and oxygen atoms in total. The topological polar surface area (TPSA) is 119 Å². The Morgan fingerprint density at radius 3 is 2.72 bits per heavy atom. The quantitative estimate of drug-likeness (QED) is 0.465. The number of carboxylic acids is 1. The summed E-state index contributed by atoms with van der Waals surface area (Å²) < 4.78 is 27.6. The third-order valence-electron chi connectivity index (χ3n) is 3.58. The summed E-state index contributed by atoms with van der Waals surface area (Å²) in [5.41, 5.74) is 1.32. The van der Waals surface area contributed by atoms with Crippen LogP contribution in [-0.4, -0.2) is 35.6 Å². The highest BCUT2D eigenvalue weighted by atomic mass is 79.9. The molecule has 0 saturated heterocycles. The largest absolute Gasteiger partial charge is 0.508 e. The number of aromatic hydroxyl groups is 1. The monoisotopic (exact) mass is 444 g/mol. The first-order chi connectivity index (χ1) is 11.8. The Labute approximate surface area is 155 Å². The number of halogens is 1. The number of carbonyl (C=O) groups is 1. The van der Waals surface area contributed by atoms with Crippen LogP contribution in [0.3, 0.4) is 0 Å². The maximum absolute atomic E-state index is 12.4. The predicted molar refractivity (Wildman–Crippen MR) is 97.4 cm³/mol. The van der Waals surface area contributed by atoms with Crippen molar-refractivity contribution in [2.75, 3.05) is 0 Å². The van der Waals surface area contributed by atoms with Gasteiger partial charge in [-0.05, 0) is 51.8 Å². The third-order valence-corrected chi connectivity index (χ3v) is 7.17. The number of phenolic OH excluding ortho intramolecular Hbond substituents is 1. The summed E-state index contributed by atoms with van der Waals surface area (Å²) in [5.74, 6) is -1.24.